The van der Waals surface area contributed by atoms with Crippen LogP contribution < -0.4 is 0 Å². The van der Waals surface area contributed by atoms with E-state index in [4.69, 9.17) is 23.8 Å². The molecule has 0 atom stereocenters. The summed E-state index contributed by atoms with van der Waals surface area (Å²) in [6.45, 7) is 0. The Morgan fingerprint density at radius 2 is 0.696 bits per heavy atom. The number of nitrogens with zero attached hydrogens (tertiary/aromatic N) is 3. The van der Waals surface area contributed by atoms with Crippen molar-refractivity contribution in [1.29, 1.82) is 0 Å². The summed E-state index contributed by atoms with van der Waals surface area (Å²) in [6, 6.07) is 64.5. The summed E-state index contributed by atoms with van der Waals surface area (Å²) in [5.41, 5.74) is 12.5. The van der Waals surface area contributed by atoms with E-state index in [1.165, 1.54) is 0 Å². The first-order valence-corrected chi connectivity index (χ1v) is 18.7. The van der Waals surface area contributed by atoms with E-state index in [9.17, 15) is 0 Å². The fraction of sp³-hybridized carbons (Fsp3) is 0. The lowest BCUT2D eigenvalue weighted by Crippen LogP contribution is -2.00. The highest BCUT2D eigenvalue weighted by Gasteiger charge is 2.18. The molecule has 0 unspecified atom stereocenters. The van der Waals surface area contributed by atoms with Crippen molar-refractivity contribution in [2.24, 2.45) is 0 Å². The van der Waals surface area contributed by atoms with Crippen molar-refractivity contribution in [2.45, 2.75) is 0 Å². The second-order valence-corrected chi connectivity index (χ2v) is 14.0. The molecule has 8 aromatic carbocycles. The number of benzene rings is 8. The van der Waals surface area contributed by atoms with E-state index in [0.29, 0.717) is 17.5 Å². The molecule has 3 heterocycles. The van der Waals surface area contributed by atoms with Gasteiger partial charge in [-0.2, -0.15) is 0 Å². The first-order chi connectivity index (χ1) is 27.7. The average Bonchev–Trinajstić information content (AvgIpc) is 3.83. The van der Waals surface area contributed by atoms with Gasteiger partial charge in [0, 0.05) is 43.8 Å². The fourth-order valence-corrected chi connectivity index (χ4v) is 7.77. The Hall–Kier alpha value is -7.63. The minimum Gasteiger partial charge on any atom is -0.456 e. The number of aromatic nitrogens is 3. The summed E-state index contributed by atoms with van der Waals surface area (Å²) < 4.78 is 12.9. The van der Waals surface area contributed by atoms with Gasteiger partial charge in [0.15, 0.2) is 17.5 Å². The van der Waals surface area contributed by atoms with E-state index in [1.54, 1.807) is 0 Å². The number of furan rings is 2. The van der Waals surface area contributed by atoms with E-state index in [0.717, 1.165) is 93.9 Å². The van der Waals surface area contributed by atoms with Crippen molar-refractivity contribution in [1.82, 2.24) is 15.0 Å². The summed E-state index contributed by atoms with van der Waals surface area (Å²) >= 11 is 0. The monoisotopic (exact) mass is 717 g/mol. The number of hydrogen-bond donors (Lipinski definition) is 0. The lowest BCUT2D eigenvalue weighted by atomic mass is 10.00. The van der Waals surface area contributed by atoms with Gasteiger partial charge in [-0.25, -0.2) is 15.0 Å². The molecule has 0 aliphatic heterocycles. The van der Waals surface area contributed by atoms with Crippen LogP contribution in [0.3, 0.4) is 0 Å². The van der Waals surface area contributed by atoms with Gasteiger partial charge in [0.1, 0.15) is 22.3 Å². The summed E-state index contributed by atoms with van der Waals surface area (Å²) in [6.07, 6.45) is 0. The minimum atomic E-state index is 0.589. The first kappa shape index (κ1) is 31.9. The predicted molar refractivity (Wildman–Crippen MR) is 227 cm³/mol. The SMILES string of the molecule is c1ccc(-c2cccc(-c3nc(-c4cccc(-c5ccccc5)c4)nc(-c4cccc(-c5cccc6c5oc5cc7c(cc56)oc5ccccc57)c4)n3)c2)cc1. The maximum absolute atomic E-state index is 6.68. The molecule has 0 aliphatic rings. The van der Waals surface area contributed by atoms with Crippen LogP contribution in [0.15, 0.2) is 197 Å². The molecule has 3 aromatic heterocycles. The Bertz CT molecular complexity index is 3150. The number of rotatable bonds is 6. The molecule has 5 nitrogen and oxygen atoms in total. The van der Waals surface area contributed by atoms with Gasteiger partial charge < -0.3 is 8.83 Å². The van der Waals surface area contributed by atoms with Crippen LogP contribution in [0.4, 0.5) is 0 Å². The molecule has 262 valence electrons. The molecule has 0 saturated heterocycles. The van der Waals surface area contributed by atoms with Crippen LogP contribution >= 0.6 is 0 Å². The Balaban J connectivity index is 1.05. The largest absolute Gasteiger partial charge is 0.456 e. The van der Waals surface area contributed by atoms with Crippen LogP contribution in [0.5, 0.6) is 0 Å². The van der Waals surface area contributed by atoms with Crippen LogP contribution in [-0.4, -0.2) is 15.0 Å². The smallest absolute Gasteiger partial charge is 0.164 e. The van der Waals surface area contributed by atoms with Gasteiger partial charge >= 0.3 is 0 Å². The molecule has 0 radical (unpaired) electrons. The number of hydrogen-bond acceptors (Lipinski definition) is 5. The predicted octanol–water partition coefficient (Wildman–Crippen LogP) is 13.7. The minimum absolute atomic E-state index is 0.589. The van der Waals surface area contributed by atoms with Crippen molar-refractivity contribution < 1.29 is 8.83 Å². The normalized spacial score (nSPS) is 11.6. The molecule has 0 saturated carbocycles. The molecule has 0 bridgehead atoms. The summed E-state index contributed by atoms with van der Waals surface area (Å²) in [5, 5.41) is 4.17. The van der Waals surface area contributed by atoms with Crippen molar-refractivity contribution in [3.8, 4) is 67.5 Å². The molecule has 0 N–H and O–H groups in total. The zero-order chi connectivity index (χ0) is 37.0. The lowest BCUT2D eigenvalue weighted by Gasteiger charge is -2.11. The molecule has 56 heavy (non-hydrogen) atoms. The quantitative estimate of drug-likeness (QED) is 0.171. The molecule has 0 spiro atoms. The van der Waals surface area contributed by atoms with Gasteiger partial charge in [-0.05, 0) is 64.2 Å². The Kier molecular flexibility index (Phi) is 7.42. The molecule has 11 aromatic rings. The highest BCUT2D eigenvalue weighted by molar-refractivity contribution is 6.16. The van der Waals surface area contributed by atoms with Crippen molar-refractivity contribution in [2.75, 3.05) is 0 Å². The van der Waals surface area contributed by atoms with E-state index < -0.39 is 0 Å². The Labute approximate surface area is 322 Å². The highest BCUT2D eigenvalue weighted by Crippen LogP contribution is 2.40. The van der Waals surface area contributed by atoms with Crippen LogP contribution in [0, 0.1) is 0 Å². The molecule has 0 amide bonds. The molecule has 5 heteroatoms. The molecular weight excluding hydrogens is 687 g/mol. The third kappa shape index (κ3) is 5.53. The van der Waals surface area contributed by atoms with Gasteiger partial charge in [-0.15, -0.1) is 0 Å². The summed E-state index contributed by atoms with van der Waals surface area (Å²) in [5.74, 6) is 1.80. The molecular formula is C51H31N3O2. The van der Waals surface area contributed by atoms with Crippen molar-refractivity contribution in [3.63, 3.8) is 0 Å². The summed E-state index contributed by atoms with van der Waals surface area (Å²) in [7, 11) is 0. The fourth-order valence-electron chi connectivity index (χ4n) is 7.77. The topological polar surface area (TPSA) is 65.0 Å². The summed E-state index contributed by atoms with van der Waals surface area (Å²) in [4.78, 5) is 15.4. The maximum Gasteiger partial charge on any atom is 0.164 e. The Morgan fingerprint density at radius 1 is 0.268 bits per heavy atom. The molecule has 0 aliphatic carbocycles. The van der Waals surface area contributed by atoms with E-state index in [2.05, 4.69) is 158 Å². The first-order valence-electron chi connectivity index (χ1n) is 18.7. The zero-order valence-electron chi connectivity index (χ0n) is 30.1. The van der Waals surface area contributed by atoms with Crippen LogP contribution in [0.2, 0.25) is 0 Å². The maximum atomic E-state index is 6.68. The van der Waals surface area contributed by atoms with Crippen LogP contribution in [-0.2, 0) is 0 Å². The number of fused-ring (bicyclic) bond motifs is 6. The highest BCUT2D eigenvalue weighted by atomic mass is 16.3. The third-order valence-electron chi connectivity index (χ3n) is 10.5. The van der Waals surface area contributed by atoms with E-state index >= 15 is 0 Å². The van der Waals surface area contributed by atoms with Gasteiger partial charge in [0.2, 0.25) is 0 Å². The average molecular weight is 718 g/mol. The zero-order valence-corrected chi connectivity index (χ0v) is 30.1. The van der Waals surface area contributed by atoms with Gasteiger partial charge in [-0.3, -0.25) is 0 Å². The van der Waals surface area contributed by atoms with E-state index in [1.807, 2.05) is 30.3 Å². The standard InChI is InChI=1S/C51H31N3O2/c1-3-13-32(14-4-1)34-17-9-20-37(27-34)49-52-50(38-21-10-18-35(28-38)33-15-5-2-6-16-33)54-51(53-49)39-22-11-19-36(29-39)40-24-12-25-42-44-31-46-43(30-47(44)56-48(40)42)41-23-7-8-26-45(41)55-46/h1-31H. The lowest BCUT2D eigenvalue weighted by molar-refractivity contribution is 0.664. The van der Waals surface area contributed by atoms with Gasteiger partial charge in [0.25, 0.3) is 0 Å². The van der Waals surface area contributed by atoms with Crippen LogP contribution in [0.1, 0.15) is 0 Å². The number of para-hydroxylation sites is 2. The molecule has 0 fully saturated rings. The van der Waals surface area contributed by atoms with Crippen molar-refractivity contribution >= 4 is 43.9 Å². The van der Waals surface area contributed by atoms with Gasteiger partial charge in [0.05, 0.1) is 0 Å². The Morgan fingerprint density at radius 3 is 1.30 bits per heavy atom. The van der Waals surface area contributed by atoms with Crippen molar-refractivity contribution in [3.05, 3.63) is 188 Å². The molecule has 11 rings (SSSR count). The van der Waals surface area contributed by atoms with E-state index in [-0.39, 0.29) is 0 Å². The van der Waals surface area contributed by atoms with Crippen LogP contribution in [0.25, 0.3) is 111 Å². The third-order valence-corrected chi connectivity index (χ3v) is 10.5. The second-order valence-electron chi connectivity index (χ2n) is 14.0. The second kappa shape index (κ2) is 13.0. The van der Waals surface area contributed by atoms with Gasteiger partial charge in [-0.1, -0.05) is 152 Å².